The van der Waals surface area contributed by atoms with Crippen LogP contribution in [0.25, 0.3) is 0 Å². The van der Waals surface area contributed by atoms with Gasteiger partial charge in [-0.05, 0) is 50.3 Å². The largest absolute Gasteiger partial charge is 0.353 e. The van der Waals surface area contributed by atoms with Crippen LogP contribution < -0.4 is 10.6 Å². The minimum absolute atomic E-state index is 0.00262. The summed E-state index contributed by atoms with van der Waals surface area (Å²) in [4.78, 5) is 12.2. The Balaban J connectivity index is 1.58. The van der Waals surface area contributed by atoms with Crippen molar-refractivity contribution in [3.63, 3.8) is 0 Å². The average Bonchev–Trinajstić information content (AvgIpc) is 3.19. The van der Waals surface area contributed by atoms with Gasteiger partial charge in [0.15, 0.2) is 0 Å². The van der Waals surface area contributed by atoms with Gasteiger partial charge in [-0.2, -0.15) is 0 Å². The number of amides is 1. The van der Waals surface area contributed by atoms with Crippen LogP contribution >= 0.6 is 0 Å². The van der Waals surface area contributed by atoms with Crippen molar-refractivity contribution in [3.8, 4) is 0 Å². The smallest absolute Gasteiger partial charge is 0.223 e. The lowest BCUT2D eigenvalue weighted by Crippen LogP contribution is -2.47. The van der Waals surface area contributed by atoms with Crippen LogP contribution in [-0.2, 0) is 4.79 Å². The SMILES string of the molecule is CC1CC(NC(=O)C2CC2c2ccc(F)cc2F)CCN1. The zero-order valence-electron chi connectivity index (χ0n) is 12.0. The Morgan fingerprint density at radius 3 is 2.86 bits per heavy atom. The Morgan fingerprint density at radius 2 is 2.14 bits per heavy atom. The van der Waals surface area contributed by atoms with Crippen molar-refractivity contribution in [2.75, 3.05) is 6.54 Å². The van der Waals surface area contributed by atoms with Gasteiger partial charge >= 0.3 is 0 Å². The van der Waals surface area contributed by atoms with Crippen LogP contribution in [0, 0.1) is 17.6 Å². The predicted molar refractivity (Wildman–Crippen MR) is 75.8 cm³/mol. The van der Waals surface area contributed by atoms with E-state index in [1.54, 1.807) is 0 Å². The fourth-order valence-corrected chi connectivity index (χ4v) is 3.20. The summed E-state index contributed by atoms with van der Waals surface area (Å²) in [5.74, 6) is -1.41. The van der Waals surface area contributed by atoms with E-state index in [9.17, 15) is 13.6 Å². The molecule has 2 N–H and O–H groups in total. The molecule has 1 saturated heterocycles. The van der Waals surface area contributed by atoms with Crippen LogP contribution in [0.1, 0.15) is 37.7 Å². The van der Waals surface area contributed by atoms with Crippen molar-refractivity contribution in [2.45, 2.75) is 44.2 Å². The van der Waals surface area contributed by atoms with Crippen LogP contribution in [-0.4, -0.2) is 24.5 Å². The Hall–Kier alpha value is -1.49. The molecule has 1 aromatic rings. The van der Waals surface area contributed by atoms with Gasteiger partial charge in [0.05, 0.1) is 0 Å². The molecule has 1 aliphatic carbocycles. The fourth-order valence-electron chi connectivity index (χ4n) is 3.20. The Bertz CT molecular complexity index is 549. The highest BCUT2D eigenvalue weighted by Gasteiger charge is 2.45. The van der Waals surface area contributed by atoms with Crippen molar-refractivity contribution in [1.82, 2.24) is 10.6 Å². The van der Waals surface area contributed by atoms with Crippen LogP contribution in [0.3, 0.4) is 0 Å². The summed E-state index contributed by atoms with van der Waals surface area (Å²) >= 11 is 0. The molecule has 4 unspecified atom stereocenters. The molecule has 114 valence electrons. The number of piperidine rings is 1. The maximum Gasteiger partial charge on any atom is 0.223 e. The fraction of sp³-hybridized carbons (Fsp3) is 0.562. The zero-order chi connectivity index (χ0) is 15.0. The lowest BCUT2D eigenvalue weighted by molar-refractivity contribution is -0.123. The average molecular weight is 294 g/mol. The van der Waals surface area contributed by atoms with Gasteiger partial charge < -0.3 is 10.6 Å². The van der Waals surface area contributed by atoms with E-state index in [1.165, 1.54) is 12.1 Å². The van der Waals surface area contributed by atoms with Crippen molar-refractivity contribution in [3.05, 3.63) is 35.4 Å². The summed E-state index contributed by atoms with van der Waals surface area (Å²) in [6.45, 7) is 3.01. The van der Waals surface area contributed by atoms with Gasteiger partial charge in [0.1, 0.15) is 11.6 Å². The monoisotopic (exact) mass is 294 g/mol. The summed E-state index contributed by atoms with van der Waals surface area (Å²) in [5, 5.41) is 6.41. The maximum atomic E-state index is 13.7. The molecule has 3 rings (SSSR count). The molecule has 0 radical (unpaired) electrons. The highest BCUT2D eigenvalue weighted by molar-refractivity contribution is 5.83. The van der Waals surface area contributed by atoms with E-state index in [1.807, 2.05) is 0 Å². The molecule has 2 fully saturated rings. The molecule has 4 atom stereocenters. The summed E-state index contributed by atoms with van der Waals surface area (Å²) in [6.07, 6.45) is 2.50. The van der Waals surface area contributed by atoms with Gasteiger partial charge in [-0.15, -0.1) is 0 Å². The highest BCUT2D eigenvalue weighted by atomic mass is 19.1. The number of nitrogens with one attached hydrogen (secondary N) is 2. The maximum absolute atomic E-state index is 13.7. The van der Waals surface area contributed by atoms with E-state index >= 15 is 0 Å². The number of carbonyl (C=O) groups is 1. The molecule has 21 heavy (non-hydrogen) atoms. The van der Waals surface area contributed by atoms with E-state index in [0.717, 1.165) is 25.5 Å². The standard InChI is InChI=1S/C16H20F2N2O/c1-9-6-11(4-5-19-9)20-16(21)14-8-13(14)12-3-2-10(17)7-15(12)18/h2-3,7,9,11,13-14,19H,4-6,8H2,1H3,(H,20,21). The van der Waals surface area contributed by atoms with Crippen molar-refractivity contribution in [1.29, 1.82) is 0 Å². The summed E-state index contributed by atoms with van der Waals surface area (Å²) in [7, 11) is 0. The van der Waals surface area contributed by atoms with Crippen LogP contribution in [0.2, 0.25) is 0 Å². The molecule has 3 nitrogen and oxygen atoms in total. The third kappa shape index (κ3) is 3.23. The number of rotatable bonds is 3. The van der Waals surface area contributed by atoms with Crippen molar-refractivity contribution < 1.29 is 13.6 Å². The first kappa shape index (κ1) is 14.4. The Kier molecular flexibility index (Phi) is 3.93. The highest BCUT2D eigenvalue weighted by Crippen LogP contribution is 2.48. The van der Waals surface area contributed by atoms with E-state index < -0.39 is 11.6 Å². The second kappa shape index (κ2) is 5.72. The number of hydrogen-bond donors (Lipinski definition) is 2. The second-order valence-corrected chi connectivity index (χ2v) is 6.20. The minimum atomic E-state index is -0.582. The second-order valence-electron chi connectivity index (χ2n) is 6.20. The van der Waals surface area contributed by atoms with E-state index in [-0.39, 0.29) is 23.8 Å². The van der Waals surface area contributed by atoms with Gasteiger partial charge in [-0.1, -0.05) is 6.07 Å². The number of hydrogen-bond acceptors (Lipinski definition) is 2. The van der Waals surface area contributed by atoms with E-state index in [4.69, 9.17) is 0 Å². The molecule has 0 aromatic heterocycles. The summed E-state index contributed by atoms with van der Waals surface area (Å²) < 4.78 is 26.6. The minimum Gasteiger partial charge on any atom is -0.353 e. The molecule has 1 saturated carbocycles. The third-order valence-corrected chi connectivity index (χ3v) is 4.46. The molecule has 5 heteroatoms. The van der Waals surface area contributed by atoms with Gasteiger partial charge in [-0.25, -0.2) is 8.78 Å². The number of halogens is 2. The summed E-state index contributed by atoms with van der Waals surface area (Å²) in [5.41, 5.74) is 0.454. The zero-order valence-corrected chi connectivity index (χ0v) is 12.0. The molecule has 1 aromatic carbocycles. The van der Waals surface area contributed by atoms with Gasteiger partial charge in [0, 0.05) is 24.1 Å². The van der Waals surface area contributed by atoms with Crippen LogP contribution in [0.5, 0.6) is 0 Å². The number of carbonyl (C=O) groups excluding carboxylic acids is 1. The molecular formula is C16H20F2N2O. The summed E-state index contributed by atoms with van der Waals surface area (Å²) in [6, 6.07) is 4.20. The van der Waals surface area contributed by atoms with Gasteiger partial charge in [0.25, 0.3) is 0 Å². The van der Waals surface area contributed by atoms with Gasteiger partial charge in [-0.3, -0.25) is 4.79 Å². The van der Waals surface area contributed by atoms with Crippen molar-refractivity contribution in [2.24, 2.45) is 5.92 Å². The molecule has 1 amide bonds. The number of benzene rings is 1. The van der Waals surface area contributed by atoms with E-state index in [0.29, 0.717) is 18.0 Å². The molecule has 0 bridgehead atoms. The van der Waals surface area contributed by atoms with E-state index in [2.05, 4.69) is 17.6 Å². The quantitative estimate of drug-likeness (QED) is 0.898. The lowest BCUT2D eigenvalue weighted by Gasteiger charge is -2.28. The molecule has 2 aliphatic rings. The molecule has 1 aliphatic heterocycles. The normalized spacial score (nSPS) is 31.8. The van der Waals surface area contributed by atoms with Gasteiger partial charge in [0.2, 0.25) is 5.91 Å². The van der Waals surface area contributed by atoms with Crippen LogP contribution in [0.4, 0.5) is 8.78 Å². The predicted octanol–water partition coefficient (Wildman–Crippen LogP) is 2.32. The first-order valence-electron chi connectivity index (χ1n) is 7.53. The lowest BCUT2D eigenvalue weighted by atomic mass is 10.0. The van der Waals surface area contributed by atoms with Crippen LogP contribution in [0.15, 0.2) is 18.2 Å². The molecular weight excluding hydrogens is 274 g/mol. The molecule has 0 spiro atoms. The van der Waals surface area contributed by atoms with Crippen molar-refractivity contribution >= 4 is 5.91 Å². The third-order valence-electron chi connectivity index (χ3n) is 4.46. The Labute approximate surface area is 123 Å². The topological polar surface area (TPSA) is 41.1 Å². The first-order valence-corrected chi connectivity index (χ1v) is 7.53. The Morgan fingerprint density at radius 1 is 1.33 bits per heavy atom. The first-order chi connectivity index (χ1) is 10.0. The molecule has 1 heterocycles.